The summed E-state index contributed by atoms with van der Waals surface area (Å²) in [5.41, 5.74) is 2.23. The minimum absolute atomic E-state index is 0.0353. The molecule has 0 saturated heterocycles. The molecule has 1 atom stereocenters. The Hall–Kier alpha value is -2.36. The first kappa shape index (κ1) is 21.9. The Bertz CT molecular complexity index is 1050. The van der Waals surface area contributed by atoms with Crippen molar-refractivity contribution in [2.45, 2.75) is 24.6 Å². The summed E-state index contributed by atoms with van der Waals surface area (Å²) in [6.45, 7) is 1.16. The van der Waals surface area contributed by atoms with Gasteiger partial charge in [-0.15, -0.1) is 0 Å². The van der Waals surface area contributed by atoms with Gasteiger partial charge in [-0.25, -0.2) is 13.9 Å². The van der Waals surface area contributed by atoms with Gasteiger partial charge in [0.25, 0.3) is 11.5 Å². The SMILES string of the molecule is COc1ccc(-c2ccn(CC[C@](C)(C(=O)NO)S(C)(=O)=O)c(=O)c2)c(Cl)c1. The van der Waals surface area contributed by atoms with Crippen LogP contribution in [0.15, 0.2) is 41.3 Å². The first-order valence-electron chi connectivity index (χ1n) is 8.22. The molecule has 2 aromatic rings. The van der Waals surface area contributed by atoms with Crippen LogP contribution in [-0.4, -0.2) is 42.2 Å². The lowest BCUT2D eigenvalue weighted by Gasteiger charge is -2.25. The molecule has 1 amide bonds. The average molecular weight is 429 g/mol. The fourth-order valence-electron chi connectivity index (χ4n) is 2.64. The summed E-state index contributed by atoms with van der Waals surface area (Å²) in [6.07, 6.45) is 2.21. The summed E-state index contributed by atoms with van der Waals surface area (Å²) < 4.78 is 28.5. The monoisotopic (exact) mass is 428 g/mol. The van der Waals surface area contributed by atoms with Crippen LogP contribution >= 0.6 is 11.6 Å². The van der Waals surface area contributed by atoms with Crippen LogP contribution in [0.5, 0.6) is 5.75 Å². The maximum absolute atomic E-state index is 12.4. The third kappa shape index (κ3) is 4.37. The molecule has 0 aliphatic carbocycles. The second-order valence-electron chi connectivity index (χ2n) is 6.49. The van der Waals surface area contributed by atoms with Crippen LogP contribution in [0.2, 0.25) is 5.02 Å². The maximum Gasteiger partial charge on any atom is 0.264 e. The van der Waals surface area contributed by atoms with Crippen LogP contribution in [0, 0.1) is 0 Å². The Kier molecular flexibility index (Phi) is 6.53. The van der Waals surface area contributed by atoms with E-state index in [-0.39, 0.29) is 18.5 Å². The Morgan fingerprint density at radius 3 is 2.50 bits per heavy atom. The van der Waals surface area contributed by atoms with Crippen molar-refractivity contribution in [2.24, 2.45) is 0 Å². The number of pyridine rings is 1. The normalized spacial score (nSPS) is 13.6. The van der Waals surface area contributed by atoms with E-state index in [0.717, 1.165) is 6.26 Å². The van der Waals surface area contributed by atoms with Gasteiger partial charge in [0.2, 0.25) is 0 Å². The molecular weight excluding hydrogens is 408 g/mol. The Labute approximate surface area is 167 Å². The highest BCUT2D eigenvalue weighted by molar-refractivity contribution is 7.92. The van der Waals surface area contributed by atoms with E-state index in [4.69, 9.17) is 21.5 Å². The van der Waals surface area contributed by atoms with Gasteiger partial charge >= 0.3 is 0 Å². The molecule has 10 heteroatoms. The topological polar surface area (TPSA) is 115 Å². The van der Waals surface area contributed by atoms with E-state index in [9.17, 15) is 18.0 Å². The molecule has 0 saturated carbocycles. The van der Waals surface area contributed by atoms with Gasteiger partial charge in [0.1, 0.15) is 5.75 Å². The number of methoxy groups -OCH3 is 1. The van der Waals surface area contributed by atoms with Gasteiger partial charge in [0, 0.05) is 30.6 Å². The minimum Gasteiger partial charge on any atom is -0.497 e. The predicted molar refractivity (Wildman–Crippen MR) is 105 cm³/mol. The zero-order valence-corrected chi connectivity index (χ0v) is 17.2. The van der Waals surface area contributed by atoms with Crippen LogP contribution in [0.4, 0.5) is 0 Å². The van der Waals surface area contributed by atoms with Gasteiger partial charge < -0.3 is 9.30 Å². The number of hydrogen-bond acceptors (Lipinski definition) is 6. The van der Waals surface area contributed by atoms with Crippen molar-refractivity contribution >= 4 is 27.3 Å². The van der Waals surface area contributed by atoms with Crippen molar-refractivity contribution < 1.29 is 23.2 Å². The molecule has 0 bridgehead atoms. The molecule has 0 spiro atoms. The Morgan fingerprint density at radius 2 is 2.00 bits per heavy atom. The number of ether oxygens (including phenoxy) is 1. The summed E-state index contributed by atoms with van der Waals surface area (Å²) in [4.78, 5) is 24.3. The lowest BCUT2D eigenvalue weighted by Crippen LogP contribution is -2.49. The molecule has 2 N–H and O–H groups in total. The number of carbonyl (C=O) groups is 1. The fourth-order valence-corrected chi connectivity index (χ4v) is 3.76. The summed E-state index contributed by atoms with van der Waals surface area (Å²) in [5.74, 6) is -0.464. The molecule has 8 nitrogen and oxygen atoms in total. The summed E-state index contributed by atoms with van der Waals surface area (Å²) in [5, 5.41) is 9.27. The molecule has 0 aliphatic heterocycles. The number of rotatable bonds is 7. The molecule has 28 heavy (non-hydrogen) atoms. The van der Waals surface area contributed by atoms with Gasteiger partial charge in [0.15, 0.2) is 14.6 Å². The Morgan fingerprint density at radius 1 is 1.32 bits per heavy atom. The van der Waals surface area contributed by atoms with Crippen molar-refractivity contribution in [3.05, 3.63) is 51.9 Å². The summed E-state index contributed by atoms with van der Waals surface area (Å²) in [7, 11) is -2.32. The van der Waals surface area contributed by atoms with Crippen LogP contribution < -0.4 is 15.8 Å². The molecule has 0 unspecified atom stereocenters. The van der Waals surface area contributed by atoms with Crippen molar-refractivity contribution in [3.63, 3.8) is 0 Å². The van der Waals surface area contributed by atoms with Crippen LogP contribution in [-0.2, 0) is 21.2 Å². The number of hydrogen-bond donors (Lipinski definition) is 2. The number of benzene rings is 1. The zero-order valence-electron chi connectivity index (χ0n) is 15.6. The lowest BCUT2D eigenvalue weighted by atomic mass is 10.1. The first-order valence-corrected chi connectivity index (χ1v) is 10.5. The van der Waals surface area contributed by atoms with E-state index in [2.05, 4.69) is 0 Å². The van der Waals surface area contributed by atoms with Crippen LogP contribution in [0.1, 0.15) is 13.3 Å². The van der Waals surface area contributed by atoms with Gasteiger partial charge in [-0.1, -0.05) is 11.6 Å². The van der Waals surface area contributed by atoms with Gasteiger partial charge in [-0.2, -0.15) is 0 Å². The van der Waals surface area contributed by atoms with Crippen LogP contribution in [0.25, 0.3) is 11.1 Å². The van der Waals surface area contributed by atoms with Gasteiger partial charge in [-0.3, -0.25) is 14.8 Å². The van der Waals surface area contributed by atoms with E-state index in [1.54, 1.807) is 24.3 Å². The van der Waals surface area contributed by atoms with E-state index in [0.29, 0.717) is 21.9 Å². The Balaban J connectivity index is 2.30. The van der Waals surface area contributed by atoms with E-state index < -0.39 is 20.5 Å². The third-order valence-corrected chi connectivity index (χ3v) is 7.05. The third-order valence-electron chi connectivity index (χ3n) is 4.71. The van der Waals surface area contributed by atoms with E-state index in [1.807, 2.05) is 0 Å². The second-order valence-corrected chi connectivity index (χ2v) is 9.34. The smallest absolute Gasteiger partial charge is 0.264 e. The van der Waals surface area contributed by atoms with E-state index in [1.165, 1.54) is 36.3 Å². The fraction of sp³-hybridized carbons (Fsp3) is 0.333. The highest BCUT2D eigenvalue weighted by Gasteiger charge is 2.43. The lowest BCUT2D eigenvalue weighted by molar-refractivity contribution is -0.131. The summed E-state index contributed by atoms with van der Waals surface area (Å²) in [6, 6.07) is 8.12. The minimum atomic E-state index is -3.84. The number of amides is 1. The molecule has 2 rings (SSSR count). The highest BCUT2D eigenvalue weighted by Crippen LogP contribution is 2.30. The summed E-state index contributed by atoms with van der Waals surface area (Å²) >= 11 is 6.23. The number of sulfone groups is 1. The largest absolute Gasteiger partial charge is 0.497 e. The van der Waals surface area contributed by atoms with Gasteiger partial charge in [0.05, 0.1) is 12.1 Å². The van der Waals surface area contributed by atoms with Crippen LogP contribution in [0.3, 0.4) is 0 Å². The van der Waals surface area contributed by atoms with Gasteiger partial charge in [-0.05, 0) is 43.2 Å². The standard InChI is InChI=1S/C18H21ClN2O6S/c1-18(17(23)20-24,28(3,25)26)7-9-21-8-6-12(10-16(21)22)14-5-4-13(27-2)11-15(14)19/h4-6,8,10-11,24H,7,9H2,1-3H3,(H,20,23)/t18-/m1/s1. The molecule has 0 aliphatic rings. The molecule has 1 aromatic heterocycles. The molecule has 0 fully saturated rings. The highest BCUT2D eigenvalue weighted by atomic mass is 35.5. The number of halogens is 1. The van der Waals surface area contributed by atoms with Crippen molar-refractivity contribution in [1.29, 1.82) is 0 Å². The van der Waals surface area contributed by atoms with Crippen molar-refractivity contribution in [2.75, 3.05) is 13.4 Å². The number of carbonyl (C=O) groups excluding carboxylic acids is 1. The van der Waals surface area contributed by atoms with E-state index >= 15 is 0 Å². The number of aromatic nitrogens is 1. The molecule has 1 aromatic carbocycles. The number of nitrogens with zero attached hydrogens (tertiary/aromatic N) is 1. The average Bonchev–Trinajstić information content (AvgIpc) is 2.64. The number of nitrogens with one attached hydrogen (secondary N) is 1. The quantitative estimate of drug-likeness (QED) is 0.514. The number of hydroxylamine groups is 1. The van der Waals surface area contributed by atoms with Crippen molar-refractivity contribution in [3.8, 4) is 16.9 Å². The zero-order chi connectivity index (χ0) is 21.1. The molecule has 1 heterocycles. The molecular formula is C18H21ClN2O6S. The molecule has 0 radical (unpaired) electrons. The predicted octanol–water partition coefficient (Wildman–Crippen LogP) is 1.88. The van der Waals surface area contributed by atoms with Crippen molar-refractivity contribution in [1.82, 2.24) is 10.0 Å². The maximum atomic E-state index is 12.4. The number of aryl methyl sites for hydroxylation is 1. The second kappa shape index (κ2) is 8.34. The molecule has 152 valence electrons. The first-order chi connectivity index (χ1) is 13.0.